The quantitative estimate of drug-likeness (QED) is 0.738. The van der Waals surface area contributed by atoms with Crippen LogP contribution in [0.4, 0.5) is 0 Å². The Labute approximate surface area is 85.7 Å². The van der Waals surface area contributed by atoms with Gasteiger partial charge in [-0.05, 0) is 12.5 Å². The van der Waals surface area contributed by atoms with Crippen molar-refractivity contribution in [2.24, 2.45) is 0 Å². The fraction of sp³-hybridized carbons (Fsp3) is 0.400. The summed E-state index contributed by atoms with van der Waals surface area (Å²) in [6.45, 7) is 1.40. The Hall–Kier alpha value is -1.62. The number of hydrogen-bond donors (Lipinski definition) is 1. The number of aromatic amines is 1. The first-order valence-electron chi connectivity index (χ1n) is 5.00. The summed E-state index contributed by atoms with van der Waals surface area (Å²) in [4.78, 5) is 11.7. The van der Waals surface area contributed by atoms with E-state index in [1.807, 2.05) is 6.07 Å². The SMILES string of the molecule is O=c1cccc2[nH]nc(C3CCOC3)n12. The molecule has 5 heteroatoms. The number of fused-ring (bicyclic) bond motifs is 1. The highest BCUT2D eigenvalue weighted by Gasteiger charge is 2.23. The maximum Gasteiger partial charge on any atom is 0.257 e. The second-order valence-corrected chi connectivity index (χ2v) is 3.73. The van der Waals surface area contributed by atoms with Gasteiger partial charge in [0.15, 0.2) is 0 Å². The van der Waals surface area contributed by atoms with Crippen LogP contribution in [0.2, 0.25) is 0 Å². The number of H-pyrrole nitrogens is 1. The van der Waals surface area contributed by atoms with Crippen molar-refractivity contribution in [2.45, 2.75) is 12.3 Å². The predicted molar refractivity (Wildman–Crippen MR) is 54.0 cm³/mol. The van der Waals surface area contributed by atoms with E-state index in [0.717, 1.165) is 24.5 Å². The molecule has 0 saturated carbocycles. The number of aromatic nitrogens is 3. The molecule has 78 valence electrons. The standard InChI is InChI=1S/C10H11N3O2/c14-9-3-1-2-8-11-12-10(13(8)9)7-4-5-15-6-7/h1-3,7,11H,4-6H2. The molecule has 2 aromatic rings. The highest BCUT2D eigenvalue weighted by atomic mass is 16.5. The Kier molecular flexibility index (Phi) is 1.85. The van der Waals surface area contributed by atoms with Gasteiger partial charge in [-0.1, -0.05) is 6.07 Å². The fourth-order valence-electron chi connectivity index (χ4n) is 1.99. The van der Waals surface area contributed by atoms with E-state index in [1.165, 1.54) is 0 Å². The van der Waals surface area contributed by atoms with Gasteiger partial charge in [0.25, 0.3) is 5.56 Å². The fourth-order valence-corrected chi connectivity index (χ4v) is 1.99. The molecule has 1 aliphatic heterocycles. The Morgan fingerprint density at radius 1 is 1.53 bits per heavy atom. The number of rotatable bonds is 1. The topological polar surface area (TPSA) is 59.4 Å². The van der Waals surface area contributed by atoms with Crippen LogP contribution in [-0.2, 0) is 4.74 Å². The lowest BCUT2D eigenvalue weighted by Gasteiger charge is -2.03. The molecule has 1 unspecified atom stereocenters. The molecule has 1 N–H and O–H groups in total. The van der Waals surface area contributed by atoms with Gasteiger partial charge in [0.2, 0.25) is 0 Å². The zero-order valence-corrected chi connectivity index (χ0v) is 8.14. The smallest absolute Gasteiger partial charge is 0.257 e. The molecule has 2 aromatic heterocycles. The van der Waals surface area contributed by atoms with Gasteiger partial charge in [-0.15, -0.1) is 0 Å². The van der Waals surface area contributed by atoms with Gasteiger partial charge in [-0.2, -0.15) is 5.10 Å². The molecule has 1 fully saturated rings. The lowest BCUT2D eigenvalue weighted by Crippen LogP contribution is -2.16. The van der Waals surface area contributed by atoms with Gasteiger partial charge >= 0.3 is 0 Å². The van der Waals surface area contributed by atoms with Crippen LogP contribution in [-0.4, -0.2) is 27.8 Å². The first kappa shape index (κ1) is 8.67. The van der Waals surface area contributed by atoms with Crippen molar-refractivity contribution < 1.29 is 4.74 Å². The zero-order valence-electron chi connectivity index (χ0n) is 8.14. The molecule has 1 aliphatic rings. The van der Waals surface area contributed by atoms with E-state index in [0.29, 0.717) is 6.61 Å². The Bertz CT molecular complexity index is 537. The minimum absolute atomic E-state index is 0.0387. The molecule has 0 aliphatic carbocycles. The van der Waals surface area contributed by atoms with Gasteiger partial charge in [-0.3, -0.25) is 9.89 Å². The van der Waals surface area contributed by atoms with Crippen molar-refractivity contribution in [2.75, 3.05) is 13.2 Å². The molecule has 0 spiro atoms. The molecule has 3 rings (SSSR count). The maximum absolute atomic E-state index is 11.7. The highest BCUT2D eigenvalue weighted by molar-refractivity contribution is 5.37. The molecule has 0 aromatic carbocycles. The van der Waals surface area contributed by atoms with Crippen LogP contribution in [0.3, 0.4) is 0 Å². The van der Waals surface area contributed by atoms with E-state index in [1.54, 1.807) is 16.5 Å². The first-order chi connectivity index (χ1) is 7.36. The van der Waals surface area contributed by atoms with E-state index in [9.17, 15) is 4.79 Å². The molecular weight excluding hydrogens is 194 g/mol. The number of ether oxygens (including phenoxy) is 1. The minimum atomic E-state index is -0.0387. The summed E-state index contributed by atoms with van der Waals surface area (Å²) in [6, 6.07) is 5.11. The third-order valence-electron chi connectivity index (χ3n) is 2.76. The summed E-state index contributed by atoms with van der Waals surface area (Å²) in [6.07, 6.45) is 0.932. The highest BCUT2D eigenvalue weighted by Crippen LogP contribution is 2.22. The Morgan fingerprint density at radius 2 is 2.47 bits per heavy atom. The van der Waals surface area contributed by atoms with Gasteiger partial charge in [-0.25, -0.2) is 4.40 Å². The molecule has 3 heterocycles. The molecule has 15 heavy (non-hydrogen) atoms. The summed E-state index contributed by atoms with van der Waals surface area (Å²) in [5.41, 5.74) is 0.701. The number of hydrogen-bond acceptors (Lipinski definition) is 3. The summed E-state index contributed by atoms with van der Waals surface area (Å²) in [7, 11) is 0. The van der Waals surface area contributed by atoms with Crippen molar-refractivity contribution in [3.8, 4) is 0 Å². The number of nitrogens with zero attached hydrogens (tertiary/aromatic N) is 2. The van der Waals surface area contributed by atoms with Crippen LogP contribution >= 0.6 is 0 Å². The molecule has 1 atom stereocenters. The van der Waals surface area contributed by atoms with E-state index >= 15 is 0 Å². The van der Waals surface area contributed by atoms with Gasteiger partial charge in [0.1, 0.15) is 11.5 Å². The lowest BCUT2D eigenvalue weighted by molar-refractivity contribution is 0.193. The van der Waals surface area contributed by atoms with Crippen LogP contribution in [0.25, 0.3) is 5.65 Å². The third-order valence-corrected chi connectivity index (χ3v) is 2.76. The Balaban J connectivity index is 2.22. The summed E-state index contributed by atoms with van der Waals surface area (Å²) >= 11 is 0. The van der Waals surface area contributed by atoms with Crippen molar-refractivity contribution in [3.05, 3.63) is 34.4 Å². The van der Waals surface area contributed by atoms with Gasteiger partial charge < -0.3 is 4.74 Å². The summed E-state index contributed by atoms with van der Waals surface area (Å²) in [5.74, 6) is 1.02. The molecule has 1 saturated heterocycles. The minimum Gasteiger partial charge on any atom is -0.381 e. The average Bonchev–Trinajstić information content (AvgIpc) is 2.85. The largest absolute Gasteiger partial charge is 0.381 e. The van der Waals surface area contributed by atoms with Gasteiger partial charge in [0.05, 0.1) is 6.61 Å². The number of nitrogens with one attached hydrogen (secondary N) is 1. The molecule has 5 nitrogen and oxygen atoms in total. The predicted octanol–water partition coefficient (Wildman–Crippen LogP) is 0.526. The zero-order chi connectivity index (χ0) is 10.3. The molecule has 0 radical (unpaired) electrons. The van der Waals surface area contributed by atoms with Crippen molar-refractivity contribution in [1.29, 1.82) is 0 Å². The van der Waals surface area contributed by atoms with E-state index in [4.69, 9.17) is 4.74 Å². The van der Waals surface area contributed by atoms with Crippen molar-refractivity contribution in [1.82, 2.24) is 14.6 Å². The van der Waals surface area contributed by atoms with Crippen LogP contribution in [0.15, 0.2) is 23.0 Å². The van der Waals surface area contributed by atoms with E-state index in [-0.39, 0.29) is 11.5 Å². The molecular formula is C10H11N3O2. The maximum atomic E-state index is 11.7. The first-order valence-corrected chi connectivity index (χ1v) is 5.00. The van der Waals surface area contributed by atoms with Crippen LogP contribution in [0.1, 0.15) is 18.2 Å². The van der Waals surface area contributed by atoms with Crippen LogP contribution < -0.4 is 5.56 Å². The monoisotopic (exact) mass is 205 g/mol. The van der Waals surface area contributed by atoms with Crippen molar-refractivity contribution in [3.63, 3.8) is 0 Å². The Morgan fingerprint density at radius 3 is 3.27 bits per heavy atom. The van der Waals surface area contributed by atoms with E-state index in [2.05, 4.69) is 10.2 Å². The lowest BCUT2D eigenvalue weighted by atomic mass is 10.1. The third kappa shape index (κ3) is 1.27. The average molecular weight is 205 g/mol. The molecule has 0 amide bonds. The second-order valence-electron chi connectivity index (χ2n) is 3.73. The van der Waals surface area contributed by atoms with Crippen LogP contribution in [0.5, 0.6) is 0 Å². The second kappa shape index (κ2) is 3.20. The summed E-state index contributed by atoms with van der Waals surface area (Å²) in [5, 5.41) is 7.06. The van der Waals surface area contributed by atoms with E-state index < -0.39 is 0 Å². The number of pyridine rings is 1. The summed E-state index contributed by atoms with van der Waals surface area (Å²) < 4.78 is 6.92. The normalized spacial score (nSPS) is 21.2. The van der Waals surface area contributed by atoms with Gasteiger partial charge in [0, 0.05) is 18.6 Å². The van der Waals surface area contributed by atoms with Crippen molar-refractivity contribution >= 4 is 5.65 Å². The molecule has 0 bridgehead atoms. The van der Waals surface area contributed by atoms with Crippen LogP contribution in [0, 0.1) is 0 Å².